The van der Waals surface area contributed by atoms with Gasteiger partial charge in [-0.2, -0.15) is 0 Å². The molecule has 0 N–H and O–H groups in total. The first-order valence-electron chi connectivity index (χ1n) is 4.06. The van der Waals surface area contributed by atoms with Crippen molar-refractivity contribution in [2.24, 2.45) is 11.8 Å². The summed E-state index contributed by atoms with van der Waals surface area (Å²) in [6.45, 7) is 5.67. The van der Waals surface area contributed by atoms with Crippen molar-refractivity contribution < 1.29 is 4.39 Å². The van der Waals surface area contributed by atoms with Gasteiger partial charge in [0.05, 0.1) is 5.38 Å². The predicted octanol–water partition coefficient (Wildman–Crippen LogP) is 3.16. The second-order valence-electron chi connectivity index (χ2n) is 3.40. The largest absolute Gasteiger partial charge is 0.246 e. The minimum Gasteiger partial charge on any atom is -0.246 e. The van der Waals surface area contributed by atoms with Crippen LogP contribution in [0.2, 0.25) is 0 Å². The average Bonchev–Trinajstić information content (AvgIpc) is 1.99. The summed E-state index contributed by atoms with van der Waals surface area (Å²) in [6.07, 6.45) is 2.54. The number of hydrogen-bond donors (Lipinski definition) is 0. The molecule has 0 spiro atoms. The molecule has 1 fully saturated rings. The third-order valence-electron chi connectivity index (χ3n) is 2.42. The van der Waals surface area contributed by atoms with E-state index in [-0.39, 0.29) is 11.3 Å². The lowest BCUT2D eigenvalue weighted by Crippen LogP contribution is -2.32. The van der Waals surface area contributed by atoms with Crippen LogP contribution in [-0.4, -0.2) is 11.5 Å². The zero-order valence-electron chi connectivity index (χ0n) is 6.76. The minimum absolute atomic E-state index is 0.281. The Hall–Kier alpha value is -0.0400. The van der Waals surface area contributed by atoms with E-state index in [1.54, 1.807) is 0 Å². The van der Waals surface area contributed by atoms with Crippen molar-refractivity contribution in [3.8, 4) is 0 Å². The third kappa shape index (κ3) is 1.96. The van der Waals surface area contributed by atoms with E-state index in [1.807, 2.05) is 13.0 Å². The maximum absolute atomic E-state index is 13.1. The van der Waals surface area contributed by atoms with Crippen LogP contribution in [-0.2, 0) is 0 Å². The molecule has 0 aromatic heterocycles. The highest BCUT2D eigenvalue weighted by molar-refractivity contribution is 6.21. The van der Waals surface area contributed by atoms with Crippen LogP contribution in [0.5, 0.6) is 0 Å². The highest BCUT2D eigenvalue weighted by atomic mass is 35.5. The molecule has 0 bridgehead atoms. The van der Waals surface area contributed by atoms with E-state index >= 15 is 0 Å². The van der Waals surface area contributed by atoms with Gasteiger partial charge in [-0.1, -0.05) is 13.0 Å². The molecule has 0 aromatic carbocycles. The molecule has 4 unspecified atom stereocenters. The Bertz CT molecular complexity index is 134. The normalized spacial score (nSPS) is 45.4. The predicted molar refractivity (Wildman–Crippen MR) is 46.6 cm³/mol. The number of allylic oxidation sites excluding steroid dienone is 1. The second-order valence-corrected chi connectivity index (χ2v) is 3.91. The van der Waals surface area contributed by atoms with E-state index in [0.29, 0.717) is 12.3 Å². The Labute approximate surface area is 72.4 Å². The summed E-state index contributed by atoms with van der Waals surface area (Å²) in [4.78, 5) is 0. The van der Waals surface area contributed by atoms with Crippen LogP contribution in [0.15, 0.2) is 12.7 Å². The summed E-state index contributed by atoms with van der Waals surface area (Å²) in [7, 11) is 0. The monoisotopic (exact) mass is 176 g/mol. The maximum atomic E-state index is 13.1. The molecule has 0 aromatic rings. The van der Waals surface area contributed by atoms with Crippen molar-refractivity contribution in [2.45, 2.75) is 31.3 Å². The molecule has 1 saturated carbocycles. The van der Waals surface area contributed by atoms with Crippen molar-refractivity contribution in [3.63, 3.8) is 0 Å². The molecule has 1 aliphatic carbocycles. The number of halogens is 2. The van der Waals surface area contributed by atoms with Crippen molar-refractivity contribution >= 4 is 11.6 Å². The van der Waals surface area contributed by atoms with Gasteiger partial charge in [0.1, 0.15) is 6.17 Å². The highest BCUT2D eigenvalue weighted by Crippen LogP contribution is 2.34. The fourth-order valence-electron chi connectivity index (χ4n) is 1.67. The lowest BCUT2D eigenvalue weighted by atomic mass is 9.81. The van der Waals surface area contributed by atoms with Crippen molar-refractivity contribution in [1.29, 1.82) is 0 Å². The van der Waals surface area contributed by atoms with E-state index in [4.69, 9.17) is 11.6 Å². The Balaban J connectivity index is 2.54. The van der Waals surface area contributed by atoms with Crippen LogP contribution in [0.1, 0.15) is 19.8 Å². The molecule has 11 heavy (non-hydrogen) atoms. The molecule has 64 valence electrons. The van der Waals surface area contributed by atoms with Crippen molar-refractivity contribution in [1.82, 2.24) is 0 Å². The first-order chi connectivity index (χ1) is 5.15. The van der Waals surface area contributed by atoms with Crippen LogP contribution >= 0.6 is 11.6 Å². The van der Waals surface area contributed by atoms with Crippen LogP contribution in [0, 0.1) is 11.8 Å². The SMILES string of the molecule is C=CC1CC(C)C(Cl)C(F)C1. The molecule has 2 heteroatoms. The first-order valence-corrected chi connectivity index (χ1v) is 4.49. The Morgan fingerprint density at radius 2 is 2.18 bits per heavy atom. The van der Waals surface area contributed by atoms with E-state index in [0.717, 1.165) is 6.42 Å². The minimum atomic E-state index is -0.844. The molecule has 0 nitrogen and oxygen atoms in total. The zero-order valence-corrected chi connectivity index (χ0v) is 7.52. The topological polar surface area (TPSA) is 0 Å². The standard InChI is InChI=1S/C9H14ClF/c1-3-7-4-6(2)9(10)8(11)5-7/h3,6-9H,1,4-5H2,2H3. The molecular weight excluding hydrogens is 163 g/mol. The van der Waals surface area contributed by atoms with Gasteiger partial charge in [0.25, 0.3) is 0 Å². The summed E-state index contributed by atoms with van der Waals surface area (Å²) in [5.41, 5.74) is 0. The Kier molecular flexibility index (Phi) is 2.94. The first kappa shape index (κ1) is 9.05. The lowest BCUT2D eigenvalue weighted by Gasteiger charge is -2.31. The molecule has 1 rings (SSSR count). The third-order valence-corrected chi connectivity index (χ3v) is 3.13. The quantitative estimate of drug-likeness (QED) is 0.425. The molecule has 0 amide bonds. The molecule has 0 radical (unpaired) electrons. The molecule has 0 aliphatic heterocycles. The van der Waals surface area contributed by atoms with E-state index in [9.17, 15) is 4.39 Å². The van der Waals surface area contributed by atoms with Gasteiger partial charge in [-0.05, 0) is 24.7 Å². The number of alkyl halides is 2. The van der Waals surface area contributed by atoms with Crippen molar-refractivity contribution in [3.05, 3.63) is 12.7 Å². The van der Waals surface area contributed by atoms with Crippen LogP contribution in [0.4, 0.5) is 4.39 Å². The summed E-state index contributed by atoms with van der Waals surface area (Å²) in [6, 6.07) is 0. The lowest BCUT2D eigenvalue weighted by molar-refractivity contribution is 0.183. The van der Waals surface area contributed by atoms with E-state index in [1.165, 1.54) is 0 Å². The molecular formula is C9H14ClF. The van der Waals surface area contributed by atoms with E-state index in [2.05, 4.69) is 6.58 Å². The van der Waals surface area contributed by atoms with Gasteiger partial charge < -0.3 is 0 Å². The molecule has 0 saturated heterocycles. The fraction of sp³-hybridized carbons (Fsp3) is 0.778. The summed E-state index contributed by atoms with van der Waals surface area (Å²) in [5, 5.41) is -0.286. The van der Waals surface area contributed by atoms with E-state index < -0.39 is 6.17 Å². The van der Waals surface area contributed by atoms with Crippen LogP contribution in [0.3, 0.4) is 0 Å². The summed E-state index contributed by atoms with van der Waals surface area (Å²) in [5.74, 6) is 0.610. The molecule has 1 aliphatic rings. The summed E-state index contributed by atoms with van der Waals surface area (Å²) >= 11 is 5.83. The van der Waals surface area contributed by atoms with Gasteiger partial charge in [0.15, 0.2) is 0 Å². The number of rotatable bonds is 1. The fourth-order valence-corrected chi connectivity index (χ4v) is 1.88. The Morgan fingerprint density at radius 1 is 1.55 bits per heavy atom. The Morgan fingerprint density at radius 3 is 2.64 bits per heavy atom. The van der Waals surface area contributed by atoms with Crippen LogP contribution < -0.4 is 0 Å². The van der Waals surface area contributed by atoms with Crippen LogP contribution in [0.25, 0.3) is 0 Å². The maximum Gasteiger partial charge on any atom is 0.117 e. The second kappa shape index (κ2) is 3.57. The van der Waals surface area contributed by atoms with Gasteiger partial charge in [-0.25, -0.2) is 4.39 Å². The van der Waals surface area contributed by atoms with Gasteiger partial charge in [0.2, 0.25) is 0 Å². The molecule has 0 heterocycles. The highest BCUT2D eigenvalue weighted by Gasteiger charge is 2.32. The molecule has 4 atom stereocenters. The van der Waals surface area contributed by atoms with Gasteiger partial charge in [-0.15, -0.1) is 18.2 Å². The van der Waals surface area contributed by atoms with Gasteiger partial charge in [-0.3, -0.25) is 0 Å². The average molecular weight is 177 g/mol. The van der Waals surface area contributed by atoms with Gasteiger partial charge >= 0.3 is 0 Å². The zero-order chi connectivity index (χ0) is 8.43. The van der Waals surface area contributed by atoms with Gasteiger partial charge in [0, 0.05) is 0 Å². The number of hydrogen-bond acceptors (Lipinski definition) is 0. The smallest absolute Gasteiger partial charge is 0.117 e. The van der Waals surface area contributed by atoms with Crippen molar-refractivity contribution in [2.75, 3.05) is 0 Å². The summed E-state index contributed by atoms with van der Waals surface area (Å²) < 4.78 is 13.1.